The molecule has 0 aliphatic carbocycles. The average Bonchev–Trinajstić information content (AvgIpc) is 3.19. The lowest BCUT2D eigenvalue weighted by Gasteiger charge is -2.07. The van der Waals surface area contributed by atoms with Crippen LogP contribution in [0.25, 0.3) is 0 Å². The van der Waals surface area contributed by atoms with Crippen LogP contribution in [0.15, 0.2) is 28.3 Å². The number of anilines is 2. The number of halogens is 2. The van der Waals surface area contributed by atoms with Gasteiger partial charge in [0.15, 0.2) is 11.5 Å². The molecule has 3 aromatic rings. The minimum Gasteiger partial charge on any atom is -0.354 e. The van der Waals surface area contributed by atoms with E-state index in [1.165, 1.54) is 29.5 Å². The summed E-state index contributed by atoms with van der Waals surface area (Å²) in [7, 11) is 0. The quantitative estimate of drug-likeness (QED) is 0.477. The smallest absolute Gasteiger partial charge is 0.205 e. The van der Waals surface area contributed by atoms with Crippen LogP contribution in [-0.2, 0) is 6.54 Å². The Hall–Kier alpha value is -2.59. The molecule has 0 aliphatic rings. The summed E-state index contributed by atoms with van der Waals surface area (Å²) in [6.07, 6.45) is 0. The lowest BCUT2D eigenvalue weighted by molar-refractivity contribution is 0.303. The molecular formula is C12H9ClFN7OS. The highest BCUT2D eigenvalue weighted by Gasteiger charge is 2.16. The second kappa shape index (κ2) is 6.67. The Balaban J connectivity index is 1.70. The van der Waals surface area contributed by atoms with Crippen LogP contribution in [0, 0.1) is 11.2 Å². The van der Waals surface area contributed by atoms with Crippen molar-refractivity contribution in [2.45, 2.75) is 6.54 Å². The summed E-state index contributed by atoms with van der Waals surface area (Å²) in [5.41, 5.74) is 2.69. The van der Waals surface area contributed by atoms with Crippen molar-refractivity contribution in [3.8, 4) is 0 Å². The van der Waals surface area contributed by atoms with Gasteiger partial charge in [0.1, 0.15) is 17.0 Å². The molecule has 0 saturated carbocycles. The van der Waals surface area contributed by atoms with Gasteiger partial charge in [-0.2, -0.15) is 0 Å². The molecule has 0 saturated heterocycles. The normalized spacial score (nSPS) is 10.5. The first-order valence-electron chi connectivity index (χ1n) is 6.26. The van der Waals surface area contributed by atoms with E-state index in [0.29, 0.717) is 16.5 Å². The fraction of sp³-hybridized carbons (Fsp3) is 0.0833. The van der Waals surface area contributed by atoms with Crippen LogP contribution in [-0.4, -0.2) is 26.3 Å². The molecule has 3 N–H and O–H groups in total. The van der Waals surface area contributed by atoms with Gasteiger partial charge in [-0.15, -0.1) is 10.2 Å². The summed E-state index contributed by atoms with van der Waals surface area (Å²) in [5.74, 6) is -0.586. The van der Waals surface area contributed by atoms with Crippen LogP contribution in [0.2, 0.25) is 5.02 Å². The van der Waals surface area contributed by atoms with Gasteiger partial charge in [0.2, 0.25) is 5.13 Å². The second-order valence-corrected chi connectivity index (χ2v) is 5.53. The minimum atomic E-state index is -0.534. The Bertz CT molecular complexity index is 823. The highest BCUT2D eigenvalue weighted by atomic mass is 35.5. The maximum atomic E-state index is 13.1. The molecule has 0 atom stereocenters. The molecule has 0 amide bonds. The molecule has 8 nitrogen and oxygen atoms in total. The molecule has 2 aromatic heterocycles. The van der Waals surface area contributed by atoms with Crippen molar-refractivity contribution in [1.82, 2.24) is 20.5 Å². The van der Waals surface area contributed by atoms with Gasteiger partial charge in [0.25, 0.3) is 0 Å². The summed E-state index contributed by atoms with van der Waals surface area (Å²) < 4.78 is 17.8. The topological polar surface area (TPSA) is 113 Å². The van der Waals surface area contributed by atoms with E-state index in [2.05, 4.69) is 35.8 Å². The molecule has 0 fully saturated rings. The van der Waals surface area contributed by atoms with E-state index in [-0.39, 0.29) is 23.1 Å². The van der Waals surface area contributed by atoms with E-state index < -0.39 is 5.82 Å². The van der Waals surface area contributed by atoms with E-state index in [1.54, 1.807) is 5.51 Å². The van der Waals surface area contributed by atoms with Crippen molar-refractivity contribution in [2.24, 2.45) is 0 Å². The van der Waals surface area contributed by atoms with Crippen LogP contribution in [0.3, 0.4) is 0 Å². The van der Waals surface area contributed by atoms with E-state index in [1.807, 2.05) is 0 Å². The van der Waals surface area contributed by atoms with E-state index >= 15 is 0 Å². The average molecular weight is 354 g/mol. The number of rotatable bonds is 5. The molecule has 23 heavy (non-hydrogen) atoms. The number of hydrogen-bond acceptors (Lipinski definition) is 8. The first kappa shape index (κ1) is 15.3. The molecule has 1 aromatic carbocycles. The third kappa shape index (κ3) is 3.60. The highest BCUT2D eigenvalue weighted by Crippen LogP contribution is 2.20. The van der Waals surface area contributed by atoms with Crippen LogP contribution >= 0.6 is 22.9 Å². The van der Waals surface area contributed by atoms with Gasteiger partial charge in [-0.3, -0.25) is 5.41 Å². The highest BCUT2D eigenvalue weighted by molar-refractivity contribution is 7.13. The van der Waals surface area contributed by atoms with Crippen LogP contribution in [0.1, 0.15) is 11.4 Å². The molecular weight excluding hydrogens is 345 g/mol. The van der Waals surface area contributed by atoms with Crippen molar-refractivity contribution in [3.05, 3.63) is 45.9 Å². The van der Waals surface area contributed by atoms with Crippen LogP contribution in [0.5, 0.6) is 0 Å². The molecule has 11 heteroatoms. The third-order valence-electron chi connectivity index (χ3n) is 2.75. The third-order valence-corrected chi connectivity index (χ3v) is 3.69. The van der Waals surface area contributed by atoms with Gasteiger partial charge in [-0.05, 0) is 23.4 Å². The van der Waals surface area contributed by atoms with Crippen LogP contribution < -0.4 is 10.6 Å². The number of aromatic nitrogens is 4. The summed E-state index contributed by atoms with van der Waals surface area (Å²) in [6, 6.07) is 4.04. The largest absolute Gasteiger partial charge is 0.354 e. The zero-order valence-electron chi connectivity index (χ0n) is 11.4. The van der Waals surface area contributed by atoms with Crippen molar-refractivity contribution in [2.75, 3.05) is 10.6 Å². The fourth-order valence-electron chi connectivity index (χ4n) is 1.70. The van der Waals surface area contributed by atoms with Crippen molar-refractivity contribution < 1.29 is 9.02 Å². The fourth-order valence-corrected chi connectivity index (χ4v) is 2.32. The molecule has 0 aliphatic heterocycles. The molecule has 118 valence electrons. The molecule has 0 bridgehead atoms. The van der Waals surface area contributed by atoms with E-state index in [4.69, 9.17) is 17.0 Å². The lowest BCUT2D eigenvalue weighted by Crippen LogP contribution is -2.16. The SMILES string of the molecule is N=C(Nc1ccc(F)c(Cl)c1)c1nonc1CNc1nncs1. The lowest BCUT2D eigenvalue weighted by atomic mass is 10.2. The van der Waals surface area contributed by atoms with Gasteiger partial charge < -0.3 is 10.6 Å². The summed E-state index contributed by atoms with van der Waals surface area (Å²) in [5, 5.41) is 29.3. The molecule has 0 unspecified atom stereocenters. The molecule has 0 spiro atoms. The Morgan fingerprint density at radius 3 is 3.00 bits per heavy atom. The van der Waals surface area contributed by atoms with Crippen molar-refractivity contribution >= 4 is 39.6 Å². The number of nitrogens with one attached hydrogen (secondary N) is 3. The van der Waals surface area contributed by atoms with E-state index in [0.717, 1.165) is 0 Å². The van der Waals surface area contributed by atoms with Gasteiger partial charge >= 0.3 is 0 Å². The monoisotopic (exact) mass is 353 g/mol. The Labute approximate surface area is 138 Å². The Kier molecular flexibility index (Phi) is 4.44. The van der Waals surface area contributed by atoms with Crippen molar-refractivity contribution in [3.63, 3.8) is 0 Å². The summed E-state index contributed by atoms with van der Waals surface area (Å²) >= 11 is 7.04. The van der Waals surface area contributed by atoms with Crippen molar-refractivity contribution in [1.29, 1.82) is 5.41 Å². The first-order valence-corrected chi connectivity index (χ1v) is 7.51. The maximum Gasteiger partial charge on any atom is 0.205 e. The van der Waals surface area contributed by atoms with Gasteiger partial charge in [-0.1, -0.05) is 28.1 Å². The van der Waals surface area contributed by atoms with Gasteiger partial charge in [-0.25, -0.2) is 9.02 Å². The molecule has 3 rings (SSSR count). The second-order valence-electron chi connectivity index (χ2n) is 4.29. The zero-order chi connectivity index (χ0) is 16.2. The first-order chi connectivity index (χ1) is 11.1. The summed E-state index contributed by atoms with van der Waals surface area (Å²) in [6.45, 7) is 0.266. The number of nitrogens with zero attached hydrogens (tertiary/aromatic N) is 4. The van der Waals surface area contributed by atoms with E-state index in [9.17, 15) is 4.39 Å². The molecule has 2 heterocycles. The molecule has 0 radical (unpaired) electrons. The number of amidine groups is 1. The summed E-state index contributed by atoms with van der Waals surface area (Å²) in [4.78, 5) is 0. The predicted molar refractivity (Wildman–Crippen MR) is 83.4 cm³/mol. The maximum absolute atomic E-state index is 13.1. The number of benzene rings is 1. The zero-order valence-corrected chi connectivity index (χ0v) is 13.0. The minimum absolute atomic E-state index is 0.0424. The predicted octanol–water partition coefficient (Wildman–Crippen LogP) is 2.76. The van der Waals surface area contributed by atoms with Gasteiger partial charge in [0.05, 0.1) is 11.6 Å². The van der Waals surface area contributed by atoms with Crippen LogP contribution in [0.4, 0.5) is 15.2 Å². The standard InChI is InChI=1S/C12H9ClFN7OS/c13-7-3-6(1-2-8(7)14)18-11(15)10-9(20-22-21-10)4-16-12-19-17-5-23-12/h1-3,5H,4H2,(H2,15,18)(H,16,19). The Morgan fingerprint density at radius 1 is 1.39 bits per heavy atom. The Morgan fingerprint density at radius 2 is 2.26 bits per heavy atom. The number of hydrogen-bond donors (Lipinski definition) is 3. The van der Waals surface area contributed by atoms with Gasteiger partial charge in [0, 0.05) is 5.69 Å².